The molecule has 0 fully saturated rings. The van der Waals surface area contributed by atoms with E-state index in [2.05, 4.69) is 347 Å². The van der Waals surface area contributed by atoms with Crippen molar-refractivity contribution < 1.29 is 26.5 Å². The zero-order valence-corrected chi connectivity index (χ0v) is 66.2. The van der Waals surface area contributed by atoms with Gasteiger partial charge in [-0.2, -0.15) is 0 Å². The minimum absolute atomic E-state index is 0.0897. The Hall–Kier alpha value is -15.8. The van der Waals surface area contributed by atoms with Crippen LogP contribution in [0.25, 0.3) is 241 Å². The average Bonchev–Trinajstić information content (AvgIpc) is 1.51. The first-order valence-electron chi connectivity index (χ1n) is 42.0. The second-order valence-electron chi connectivity index (χ2n) is 33.6. The Morgan fingerprint density at radius 1 is 0.172 bits per heavy atom. The van der Waals surface area contributed by atoms with Crippen LogP contribution in [0.2, 0.25) is 0 Å². The SMILES string of the molecule is CC1(C)c2ccccc2-c2c1ccc1oc3c(-c4c5ccccc5c(-c5ccc6oc7ccc8oc9ccccc9c8c7c6c5)c5ccccc45)cccc3c21.c1ccc(C2(c3ccccc3)c3ccccc3-c3c2ccc2oc4c(-c5c6ccccc6c(-c6cccc7c6oc6ccc8oc9ccccc9c8c67)c6ccccc56)cccc4c32)cc1. The van der Waals surface area contributed by atoms with Gasteiger partial charge in [-0.15, -0.1) is 0 Å². The van der Waals surface area contributed by atoms with Gasteiger partial charge in [-0.3, -0.25) is 0 Å². The van der Waals surface area contributed by atoms with E-state index in [1.54, 1.807) is 0 Å². The first-order valence-corrected chi connectivity index (χ1v) is 42.0. The fourth-order valence-electron chi connectivity index (χ4n) is 22.3. The van der Waals surface area contributed by atoms with Crippen molar-refractivity contribution in [3.8, 4) is 66.8 Å². The minimum atomic E-state index is -0.507. The smallest absolute Gasteiger partial charge is 0.143 e. The summed E-state index contributed by atoms with van der Waals surface area (Å²) in [4.78, 5) is 0. The zero-order chi connectivity index (χ0) is 80.0. The molecule has 2 aliphatic rings. The van der Waals surface area contributed by atoms with Gasteiger partial charge in [0, 0.05) is 103 Å². The van der Waals surface area contributed by atoms with Crippen molar-refractivity contribution in [3.05, 3.63) is 409 Å². The Labute approximate surface area is 697 Å². The van der Waals surface area contributed by atoms with E-state index >= 15 is 0 Å². The molecule has 0 N–H and O–H groups in total. The molecule has 6 aromatic heterocycles. The van der Waals surface area contributed by atoms with Gasteiger partial charge in [0.05, 0.1) is 5.41 Å². The van der Waals surface area contributed by atoms with Gasteiger partial charge in [0.25, 0.3) is 0 Å². The number of rotatable bonds is 6. The van der Waals surface area contributed by atoms with Crippen molar-refractivity contribution in [3.63, 3.8) is 0 Å². The number of para-hydroxylation sites is 5. The molecule has 0 saturated carbocycles. The lowest BCUT2D eigenvalue weighted by Gasteiger charge is -2.33. The largest absolute Gasteiger partial charge is 0.456 e. The van der Waals surface area contributed by atoms with Gasteiger partial charge in [-0.1, -0.05) is 329 Å². The molecule has 28 rings (SSSR count). The van der Waals surface area contributed by atoms with E-state index in [0.29, 0.717) is 0 Å². The first kappa shape index (κ1) is 67.3. The van der Waals surface area contributed by atoms with Crippen LogP contribution in [-0.2, 0) is 10.8 Å². The molecule has 0 spiro atoms. The van der Waals surface area contributed by atoms with E-state index in [0.717, 1.165) is 181 Å². The lowest BCUT2D eigenvalue weighted by Crippen LogP contribution is -2.28. The lowest BCUT2D eigenvalue weighted by molar-refractivity contribution is 0.657. The van der Waals surface area contributed by atoms with Crippen molar-refractivity contribution in [1.29, 1.82) is 0 Å². The molecule has 0 amide bonds. The summed E-state index contributed by atoms with van der Waals surface area (Å²) >= 11 is 0. The molecule has 122 heavy (non-hydrogen) atoms. The van der Waals surface area contributed by atoms with E-state index in [4.69, 9.17) is 26.5 Å². The van der Waals surface area contributed by atoms with Crippen LogP contribution in [-0.4, -0.2) is 0 Å². The number of fused-ring (bicyclic) bond motifs is 32. The Morgan fingerprint density at radius 2 is 0.467 bits per heavy atom. The predicted molar refractivity (Wildman–Crippen MR) is 503 cm³/mol. The third-order valence-electron chi connectivity index (χ3n) is 27.2. The van der Waals surface area contributed by atoms with Gasteiger partial charge in [0.2, 0.25) is 0 Å². The molecule has 6 heterocycles. The summed E-state index contributed by atoms with van der Waals surface area (Å²) in [6.45, 7) is 4.67. The number of benzene rings is 20. The second-order valence-corrected chi connectivity index (χ2v) is 33.6. The quantitative estimate of drug-likeness (QED) is 0.154. The Balaban J connectivity index is 0.000000130. The number of furan rings is 6. The Morgan fingerprint density at radius 3 is 0.926 bits per heavy atom. The predicted octanol–water partition coefficient (Wildman–Crippen LogP) is 32.7. The van der Waals surface area contributed by atoms with E-state index in [9.17, 15) is 0 Å². The van der Waals surface area contributed by atoms with Crippen LogP contribution in [0, 0.1) is 0 Å². The molecule has 20 aromatic carbocycles. The Bertz CT molecular complexity index is 8910. The molecule has 0 saturated heterocycles. The van der Waals surface area contributed by atoms with Crippen LogP contribution in [0.15, 0.2) is 403 Å². The maximum atomic E-state index is 7.20. The number of hydrogen-bond acceptors (Lipinski definition) is 6. The van der Waals surface area contributed by atoms with E-state index in [1.807, 2.05) is 42.5 Å². The van der Waals surface area contributed by atoms with Crippen molar-refractivity contribution in [1.82, 2.24) is 0 Å². The highest BCUT2D eigenvalue weighted by Crippen LogP contribution is 2.61. The summed E-state index contributed by atoms with van der Waals surface area (Å²) in [5.41, 5.74) is 31.8. The highest BCUT2D eigenvalue weighted by Gasteiger charge is 2.47. The van der Waals surface area contributed by atoms with Crippen LogP contribution in [0.3, 0.4) is 0 Å². The molecule has 0 atom stereocenters. The summed E-state index contributed by atoms with van der Waals surface area (Å²) in [5.74, 6) is 0. The monoisotopic (exact) mass is 1560 g/mol. The van der Waals surface area contributed by atoms with Gasteiger partial charge >= 0.3 is 0 Å². The van der Waals surface area contributed by atoms with Gasteiger partial charge in [-0.25, -0.2) is 0 Å². The maximum Gasteiger partial charge on any atom is 0.143 e. The summed E-state index contributed by atoms with van der Waals surface area (Å²) in [7, 11) is 0. The molecule has 6 heteroatoms. The molecule has 0 radical (unpaired) electrons. The topological polar surface area (TPSA) is 78.8 Å². The molecule has 0 aliphatic heterocycles. The van der Waals surface area contributed by atoms with E-state index in [1.165, 1.54) is 93.7 Å². The highest BCUT2D eigenvalue weighted by atomic mass is 16.4. The zero-order valence-electron chi connectivity index (χ0n) is 66.2. The van der Waals surface area contributed by atoms with Crippen LogP contribution < -0.4 is 0 Å². The molecule has 26 aromatic rings. The third-order valence-corrected chi connectivity index (χ3v) is 27.2. The summed E-state index contributed by atoms with van der Waals surface area (Å²) in [6, 6.07) is 135. The molecule has 2 aliphatic carbocycles. The van der Waals surface area contributed by atoms with E-state index in [-0.39, 0.29) is 5.41 Å². The summed E-state index contributed by atoms with van der Waals surface area (Å²) in [5, 5.41) is 22.6. The van der Waals surface area contributed by atoms with Crippen LogP contribution in [0.5, 0.6) is 0 Å². The van der Waals surface area contributed by atoms with Crippen molar-refractivity contribution in [2.45, 2.75) is 24.7 Å². The fourth-order valence-corrected chi connectivity index (χ4v) is 22.3. The van der Waals surface area contributed by atoms with Crippen LogP contribution >= 0.6 is 0 Å². The first-order chi connectivity index (χ1) is 60.3. The van der Waals surface area contributed by atoms with E-state index < -0.39 is 5.41 Å². The molecule has 568 valence electrons. The average molecular weight is 1560 g/mol. The standard InChI is InChI=1S/C63H36O3.C53H32O3/c1-3-17-37(18-4-1)63(38-19-5-2-6-20-38)49-31-13-11-25-43(49)57-50(63)33-34-53-59(57)47-29-15-27-45(61(47)65-53)55-39-21-7-9-23-41(39)56(42-24-10-8-22-40(42)55)46-28-16-30-48-60-54(66-62(46)48)36-35-52-58(60)44-26-12-14-32-51(44)64-52;1-53(2)39-20-9-7-16-34(39)48-40(53)23-25-45-50(48)37-19-11-18-36(52(37)56-45)47-32-14-5-3-12-30(32)46(31-13-4-6-15-33(31)47)29-22-24-42-38(28-29)51-44(55-42)27-26-43-49(51)35-17-8-10-21-41(35)54-43/h1-36H;3-28H,1-2H3. The van der Waals surface area contributed by atoms with Gasteiger partial charge < -0.3 is 26.5 Å². The lowest BCUT2D eigenvalue weighted by atomic mass is 9.67. The molecule has 0 bridgehead atoms. The maximum absolute atomic E-state index is 7.20. The minimum Gasteiger partial charge on any atom is -0.456 e. The third kappa shape index (κ3) is 9.01. The Kier molecular flexibility index (Phi) is 13.7. The number of hydrogen-bond donors (Lipinski definition) is 0. The molecular formula is C116H68O6. The van der Waals surface area contributed by atoms with Gasteiger partial charge in [0.15, 0.2) is 0 Å². The normalized spacial score (nSPS) is 13.5. The molecule has 6 nitrogen and oxygen atoms in total. The fraction of sp³-hybridized carbons (Fsp3) is 0.0345. The second kappa shape index (κ2) is 24.9. The van der Waals surface area contributed by atoms with Crippen molar-refractivity contribution in [2.75, 3.05) is 0 Å². The molecular weight excluding hydrogens is 1490 g/mol. The molecule has 0 unspecified atom stereocenters. The van der Waals surface area contributed by atoms with Crippen molar-refractivity contribution in [2.24, 2.45) is 0 Å². The van der Waals surface area contributed by atoms with Crippen molar-refractivity contribution >= 4 is 175 Å². The van der Waals surface area contributed by atoms with Crippen LogP contribution in [0.4, 0.5) is 0 Å². The highest BCUT2D eigenvalue weighted by molar-refractivity contribution is 6.33. The van der Waals surface area contributed by atoms with Gasteiger partial charge in [-0.05, 0) is 171 Å². The van der Waals surface area contributed by atoms with Crippen LogP contribution in [0.1, 0.15) is 47.2 Å². The summed E-state index contributed by atoms with van der Waals surface area (Å²) < 4.78 is 40.3. The summed E-state index contributed by atoms with van der Waals surface area (Å²) in [6.07, 6.45) is 0. The van der Waals surface area contributed by atoms with Gasteiger partial charge in [0.1, 0.15) is 67.0 Å².